The maximum Gasteiger partial charge on any atom is 0.376 e. The number of hydrogen-bond donors (Lipinski definition) is 5. The second-order valence-corrected chi connectivity index (χ2v) is 5.93. The third-order valence-electron chi connectivity index (χ3n) is 3.81. The van der Waals surface area contributed by atoms with E-state index in [-0.39, 0.29) is 29.6 Å². The minimum Gasteiger partial charge on any atom is -0.504 e. The van der Waals surface area contributed by atoms with E-state index in [1.165, 1.54) is 51.8 Å². The van der Waals surface area contributed by atoms with Gasteiger partial charge in [-0.1, -0.05) is 0 Å². The number of amides is 2. The Morgan fingerprint density at radius 3 is 2.73 bits per heavy atom. The maximum atomic E-state index is 12.5. The van der Waals surface area contributed by atoms with Gasteiger partial charge in [0.25, 0.3) is 11.8 Å². The predicted molar refractivity (Wildman–Crippen MR) is 113 cm³/mol. The number of carbonyl (C=O) groups excluding carboxylic acids is 3. The van der Waals surface area contributed by atoms with Crippen LogP contribution in [-0.2, 0) is 14.3 Å². The molecule has 14 heteroatoms. The minimum atomic E-state index is -1.22. The number of rotatable bonds is 9. The molecule has 0 radical (unpaired) electrons. The van der Waals surface area contributed by atoms with E-state index >= 15 is 0 Å². The van der Waals surface area contributed by atoms with Crippen LogP contribution in [-0.4, -0.2) is 64.9 Å². The number of hydrazone groups is 1. The lowest BCUT2D eigenvalue weighted by Gasteiger charge is -2.05. The first-order valence-electron chi connectivity index (χ1n) is 9.30. The van der Waals surface area contributed by atoms with Gasteiger partial charge in [-0.25, -0.2) is 15.2 Å². The van der Waals surface area contributed by atoms with Gasteiger partial charge >= 0.3 is 5.97 Å². The molecule has 0 aliphatic heterocycles. The van der Waals surface area contributed by atoms with Gasteiger partial charge in [0.15, 0.2) is 17.2 Å². The summed E-state index contributed by atoms with van der Waals surface area (Å²) in [5.41, 5.74) is 1.64. The number of phenols is 1. The van der Waals surface area contributed by atoms with E-state index in [0.29, 0.717) is 5.56 Å². The number of methoxy groups -OCH3 is 1. The zero-order valence-corrected chi connectivity index (χ0v) is 17.8. The molecule has 0 bridgehead atoms. The van der Waals surface area contributed by atoms with Crippen molar-refractivity contribution in [1.29, 1.82) is 0 Å². The zero-order chi connectivity index (χ0) is 24.4. The standard InChI is InChI=1S/C19H21N7O7/c1-4-33-19(31)15(28)13(24-25-16-14(17(29)20-2)21-9-22-16)18(30)26-23-8-10-5-6-11(27)12(7-10)32-3/h5-9,27-28H,4H2,1-3H3,(H,20,29)(H,21,22)(H,26,30)/b15-13+,23-8+,25-24?. The van der Waals surface area contributed by atoms with Crippen LogP contribution in [0.25, 0.3) is 0 Å². The Kier molecular flexibility index (Phi) is 8.61. The van der Waals surface area contributed by atoms with Crippen LogP contribution < -0.4 is 15.5 Å². The molecule has 33 heavy (non-hydrogen) atoms. The van der Waals surface area contributed by atoms with Crippen LogP contribution in [0.5, 0.6) is 11.5 Å². The minimum absolute atomic E-state index is 0.0593. The predicted octanol–water partition coefficient (Wildman–Crippen LogP) is 1.05. The van der Waals surface area contributed by atoms with Gasteiger partial charge in [-0.3, -0.25) is 9.59 Å². The monoisotopic (exact) mass is 459 g/mol. The van der Waals surface area contributed by atoms with E-state index in [4.69, 9.17) is 4.74 Å². The van der Waals surface area contributed by atoms with Gasteiger partial charge in [-0.2, -0.15) is 5.10 Å². The Balaban J connectivity index is 2.30. The molecule has 0 aliphatic rings. The number of esters is 1. The fourth-order valence-corrected chi connectivity index (χ4v) is 2.24. The first-order chi connectivity index (χ1) is 15.8. The highest BCUT2D eigenvalue weighted by molar-refractivity contribution is 6.01. The Labute approximate surface area is 187 Å². The van der Waals surface area contributed by atoms with Crippen LogP contribution >= 0.6 is 0 Å². The number of hydrogen-bond acceptors (Lipinski definition) is 11. The van der Waals surface area contributed by atoms with Crippen molar-refractivity contribution in [2.75, 3.05) is 20.8 Å². The highest BCUT2D eigenvalue weighted by Crippen LogP contribution is 2.25. The summed E-state index contributed by atoms with van der Waals surface area (Å²) in [4.78, 5) is 42.6. The number of benzene rings is 1. The number of aliphatic hydroxyl groups excluding tert-OH is 1. The summed E-state index contributed by atoms with van der Waals surface area (Å²) in [7, 11) is 2.75. The van der Waals surface area contributed by atoms with Crippen molar-refractivity contribution in [1.82, 2.24) is 20.7 Å². The normalized spacial score (nSPS) is 11.8. The molecule has 1 aromatic carbocycles. The van der Waals surface area contributed by atoms with Crippen LogP contribution in [0.15, 0.2) is 51.3 Å². The number of aromatic amines is 1. The summed E-state index contributed by atoms with van der Waals surface area (Å²) in [5, 5.41) is 33.0. The van der Waals surface area contributed by atoms with Gasteiger partial charge in [0.05, 0.1) is 26.3 Å². The number of aromatic nitrogens is 2. The molecular weight excluding hydrogens is 438 g/mol. The van der Waals surface area contributed by atoms with E-state index in [0.717, 1.165) is 0 Å². The Morgan fingerprint density at radius 2 is 2.06 bits per heavy atom. The van der Waals surface area contributed by atoms with Gasteiger partial charge < -0.3 is 30.0 Å². The number of carbonyl (C=O) groups is 3. The molecule has 2 amide bonds. The third-order valence-corrected chi connectivity index (χ3v) is 3.81. The number of nitrogens with one attached hydrogen (secondary N) is 3. The summed E-state index contributed by atoms with van der Waals surface area (Å²) < 4.78 is 9.65. The Morgan fingerprint density at radius 1 is 1.30 bits per heavy atom. The van der Waals surface area contributed by atoms with Crippen LogP contribution in [0.2, 0.25) is 0 Å². The molecule has 0 saturated carbocycles. The Bertz CT molecular complexity index is 1120. The molecule has 0 saturated heterocycles. The van der Waals surface area contributed by atoms with Crippen LogP contribution in [0.3, 0.4) is 0 Å². The van der Waals surface area contributed by atoms with E-state index in [1.54, 1.807) is 0 Å². The van der Waals surface area contributed by atoms with Crippen molar-refractivity contribution >= 4 is 29.8 Å². The lowest BCUT2D eigenvalue weighted by Crippen LogP contribution is -2.23. The van der Waals surface area contributed by atoms with E-state index < -0.39 is 29.2 Å². The lowest BCUT2D eigenvalue weighted by molar-refractivity contribution is -0.142. The number of H-pyrrole nitrogens is 1. The number of phenolic OH excluding ortho intramolecular Hbond substituents is 1. The maximum absolute atomic E-state index is 12.5. The number of azo groups is 1. The summed E-state index contributed by atoms with van der Waals surface area (Å²) in [5.74, 6) is -4.11. The quantitative estimate of drug-likeness (QED) is 0.0914. The van der Waals surface area contributed by atoms with Crippen molar-refractivity contribution in [2.45, 2.75) is 6.92 Å². The molecule has 5 N–H and O–H groups in total. The highest BCUT2D eigenvalue weighted by Gasteiger charge is 2.23. The fraction of sp³-hybridized carbons (Fsp3) is 0.211. The topological polar surface area (TPSA) is 200 Å². The highest BCUT2D eigenvalue weighted by atomic mass is 16.5. The average molecular weight is 459 g/mol. The molecule has 0 atom stereocenters. The van der Waals surface area contributed by atoms with Gasteiger partial charge in [-0.05, 0) is 30.7 Å². The second kappa shape index (κ2) is 11.6. The molecule has 2 aromatic rings. The summed E-state index contributed by atoms with van der Waals surface area (Å²) in [6, 6.07) is 4.31. The van der Waals surface area contributed by atoms with Crippen LogP contribution in [0, 0.1) is 0 Å². The summed E-state index contributed by atoms with van der Waals surface area (Å²) >= 11 is 0. The zero-order valence-electron chi connectivity index (χ0n) is 17.8. The van der Waals surface area contributed by atoms with Crippen molar-refractivity contribution in [2.24, 2.45) is 15.3 Å². The first-order valence-corrected chi connectivity index (χ1v) is 9.30. The van der Waals surface area contributed by atoms with Gasteiger partial charge in [0, 0.05) is 7.05 Å². The largest absolute Gasteiger partial charge is 0.504 e. The number of aliphatic hydroxyl groups is 1. The van der Waals surface area contributed by atoms with Crippen LogP contribution in [0.4, 0.5) is 5.82 Å². The van der Waals surface area contributed by atoms with Crippen molar-refractivity contribution in [3.8, 4) is 11.5 Å². The van der Waals surface area contributed by atoms with Gasteiger partial charge in [-0.15, -0.1) is 10.2 Å². The van der Waals surface area contributed by atoms with Crippen LogP contribution in [0.1, 0.15) is 23.0 Å². The van der Waals surface area contributed by atoms with Crippen molar-refractivity contribution in [3.63, 3.8) is 0 Å². The first kappa shape index (κ1) is 24.5. The SMILES string of the molecule is CCOC(=O)/C(O)=C(\N=Nc1nc[nH]c1C(=O)NC)C(=O)N/N=C/c1ccc(O)c(OC)c1. The average Bonchev–Trinajstić information content (AvgIpc) is 3.28. The molecule has 1 heterocycles. The van der Waals surface area contributed by atoms with E-state index in [1.807, 2.05) is 0 Å². The number of imidazole rings is 1. The van der Waals surface area contributed by atoms with Crippen molar-refractivity contribution in [3.05, 3.63) is 47.2 Å². The van der Waals surface area contributed by atoms with Gasteiger partial charge in [0.2, 0.25) is 17.3 Å². The number of aromatic hydroxyl groups is 1. The van der Waals surface area contributed by atoms with Gasteiger partial charge in [0.1, 0.15) is 0 Å². The lowest BCUT2D eigenvalue weighted by atomic mass is 10.2. The molecule has 174 valence electrons. The second-order valence-electron chi connectivity index (χ2n) is 5.93. The smallest absolute Gasteiger partial charge is 0.376 e. The third kappa shape index (κ3) is 6.36. The fourth-order valence-electron chi connectivity index (χ4n) is 2.24. The molecule has 2 rings (SSSR count). The molecule has 0 unspecified atom stereocenters. The number of ether oxygens (including phenoxy) is 2. The van der Waals surface area contributed by atoms with E-state index in [2.05, 4.69) is 40.8 Å². The molecule has 0 aliphatic carbocycles. The number of nitrogens with zero attached hydrogens (tertiary/aromatic N) is 4. The summed E-state index contributed by atoms with van der Waals surface area (Å²) in [6.45, 7) is 1.43. The summed E-state index contributed by atoms with van der Waals surface area (Å²) in [6.07, 6.45) is 2.39. The molecule has 0 spiro atoms. The molecule has 0 fully saturated rings. The van der Waals surface area contributed by atoms with Crippen molar-refractivity contribution < 1.29 is 34.1 Å². The molecule has 1 aromatic heterocycles. The van der Waals surface area contributed by atoms with E-state index in [9.17, 15) is 24.6 Å². The molecular formula is C19H21N7O7. The Hall–Kier alpha value is -4.75. The molecule has 14 nitrogen and oxygen atoms in total.